The number of amides is 2. The van der Waals surface area contributed by atoms with Gasteiger partial charge in [-0.25, -0.2) is 0 Å². The topological polar surface area (TPSA) is 76.6 Å². The van der Waals surface area contributed by atoms with E-state index >= 15 is 0 Å². The quantitative estimate of drug-likeness (QED) is 0.415. The molecule has 0 aliphatic carbocycles. The summed E-state index contributed by atoms with van der Waals surface area (Å²) in [7, 11) is 0. The zero-order valence-electron chi connectivity index (χ0n) is 14.4. The first-order valence-electron chi connectivity index (χ1n) is 8.66. The molecule has 0 N–H and O–H groups in total. The van der Waals surface area contributed by atoms with Crippen molar-refractivity contribution >= 4 is 17.8 Å². The minimum absolute atomic E-state index is 0.181. The number of esters is 1. The summed E-state index contributed by atoms with van der Waals surface area (Å²) < 4.78 is 5.20. The largest absolute Gasteiger partial charge is 0.466 e. The summed E-state index contributed by atoms with van der Waals surface area (Å²) in [4.78, 5) is 41.4. The molecule has 2 aromatic rings. The van der Waals surface area contributed by atoms with Crippen LogP contribution in [-0.2, 0) is 16.0 Å². The van der Waals surface area contributed by atoms with Crippen LogP contribution in [0.2, 0.25) is 0 Å². The summed E-state index contributed by atoms with van der Waals surface area (Å²) in [5, 5.41) is 0. The van der Waals surface area contributed by atoms with E-state index in [-0.39, 0.29) is 30.7 Å². The average Bonchev–Trinajstić information content (AvgIpc) is 2.91. The predicted octanol–water partition coefficient (Wildman–Crippen LogP) is 2.63. The summed E-state index contributed by atoms with van der Waals surface area (Å²) >= 11 is 0. The number of hydrogen-bond acceptors (Lipinski definition) is 5. The summed E-state index contributed by atoms with van der Waals surface area (Å²) in [5.74, 6) is -0.904. The Morgan fingerprint density at radius 1 is 1.00 bits per heavy atom. The Labute approximate surface area is 151 Å². The number of rotatable bonds is 8. The van der Waals surface area contributed by atoms with E-state index in [1.54, 1.807) is 36.7 Å². The van der Waals surface area contributed by atoms with Gasteiger partial charge in [0.2, 0.25) is 0 Å². The highest BCUT2D eigenvalue weighted by atomic mass is 16.5. The van der Waals surface area contributed by atoms with Crippen molar-refractivity contribution in [1.82, 2.24) is 9.88 Å². The first kappa shape index (κ1) is 17.8. The molecule has 0 spiro atoms. The standard InChI is InChI=1S/C20H20N2O4/c23-18(26-13-5-7-15-6-3-11-21-14-15)10-4-12-22-19(24)16-8-1-2-9-17(16)20(22)25/h1-3,6,8-9,11,14H,4-5,7,10,12-13H2. The minimum atomic E-state index is -0.312. The normalized spacial score (nSPS) is 13.0. The Balaban J connectivity index is 1.35. The second-order valence-corrected chi connectivity index (χ2v) is 6.10. The lowest BCUT2D eigenvalue weighted by atomic mass is 10.1. The van der Waals surface area contributed by atoms with Gasteiger partial charge in [-0.3, -0.25) is 24.3 Å². The van der Waals surface area contributed by atoms with Gasteiger partial charge in [0.05, 0.1) is 17.7 Å². The number of pyridine rings is 1. The molecule has 0 saturated carbocycles. The fourth-order valence-corrected chi connectivity index (χ4v) is 2.90. The van der Waals surface area contributed by atoms with E-state index in [4.69, 9.17) is 4.74 Å². The highest BCUT2D eigenvalue weighted by molar-refractivity contribution is 6.21. The number of carbonyl (C=O) groups is 3. The first-order valence-corrected chi connectivity index (χ1v) is 8.66. The van der Waals surface area contributed by atoms with Gasteiger partial charge in [0.15, 0.2) is 0 Å². The van der Waals surface area contributed by atoms with Crippen LogP contribution in [0.5, 0.6) is 0 Å². The Kier molecular flexibility index (Phi) is 5.73. The fraction of sp³-hybridized carbons (Fsp3) is 0.300. The van der Waals surface area contributed by atoms with E-state index in [1.165, 1.54) is 4.90 Å². The van der Waals surface area contributed by atoms with E-state index in [9.17, 15) is 14.4 Å². The van der Waals surface area contributed by atoms with E-state index in [1.807, 2.05) is 12.1 Å². The van der Waals surface area contributed by atoms with Crippen molar-refractivity contribution in [3.8, 4) is 0 Å². The SMILES string of the molecule is O=C(CCCN1C(=O)c2ccccc2C1=O)OCCCc1cccnc1. The van der Waals surface area contributed by atoms with Crippen LogP contribution in [0.1, 0.15) is 45.5 Å². The molecule has 1 aliphatic heterocycles. The molecule has 3 rings (SSSR count). The molecule has 0 radical (unpaired) electrons. The summed E-state index contributed by atoms with van der Waals surface area (Å²) in [6.07, 6.45) is 5.63. The van der Waals surface area contributed by atoms with E-state index < -0.39 is 0 Å². The molecular weight excluding hydrogens is 332 g/mol. The number of benzene rings is 1. The van der Waals surface area contributed by atoms with Gasteiger partial charge in [0.1, 0.15) is 0 Å². The van der Waals surface area contributed by atoms with E-state index in [0.29, 0.717) is 24.2 Å². The van der Waals surface area contributed by atoms with Crippen molar-refractivity contribution in [2.24, 2.45) is 0 Å². The van der Waals surface area contributed by atoms with Crippen LogP contribution in [0.25, 0.3) is 0 Å². The molecule has 0 bridgehead atoms. The third-order valence-electron chi connectivity index (χ3n) is 4.24. The maximum Gasteiger partial charge on any atom is 0.305 e. The molecule has 0 atom stereocenters. The molecule has 6 heteroatoms. The molecular formula is C20H20N2O4. The number of carbonyl (C=O) groups excluding carboxylic acids is 3. The molecule has 0 unspecified atom stereocenters. The van der Waals surface area contributed by atoms with Crippen molar-refractivity contribution < 1.29 is 19.1 Å². The van der Waals surface area contributed by atoms with Crippen molar-refractivity contribution in [3.63, 3.8) is 0 Å². The van der Waals surface area contributed by atoms with Crippen LogP contribution < -0.4 is 0 Å². The number of aryl methyl sites for hydroxylation is 1. The number of fused-ring (bicyclic) bond motifs is 1. The maximum absolute atomic E-state index is 12.2. The Hall–Kier alpha value is -3.02. The van der Waals surface area contributed by atoms with Gasteiger partial charge >= 0.3 is 5.97 Å². The number of ether oxygens (including phenoxy) is 1. The highest BCUT2D eigenvalue weighted by Gasteiger charge is 2.34. The zero-order valence-corrected chi connectivity index (χ0v) is 14.4. The van der Waals surface area contributed by atoms with Crippen LogP contribution in [0.3, 0.4) is 0 Å². The molecule has 1 aromatic carbocycles. The summed E-state index contributed by atoms with van der Waals surface area (Å²) in [6, 6.07) is 10.6. The molecule has 1 aliphatic rings. The monoisotopic (exact) mass is 352 g/mol. The van der Waals surface area contributed by atoms with Gasteiger partial charge in [-0.05, 0) is 43.0 Å². The fourth-order valence-electron chi connectivity index (χ4n) is 2.90. The van der Waals surface area contributed by atoms with Gasteiger partial charge in [-0.1, -0.05) is 18.2 Å². The Morgan fingerprint density at radius 3 is 2.38 bits per heavy atom. The molecule has 0 saturated heterocycles. The Morgan fingerprint density at radius 2 is 1.73 bits per heavy atom. The van der Waals surface area contributed by atoms with Crippen LogP contribution in [0.4, 0.5) is 0 Å². The highest BCUT2D eigenvalue weighted by Crippen LogP contribution is 2.22. The zero-order chi connectivity index (χ0) is 18.4. The van der Waals surface area contributed by atoms with Crippen molar-refractivity contribution in [2.45, 2.75) is 25.7 Å². The van der Waals surface area contributed by atoms with E-state index in [0.717, 1.165) is 18.4 Å². The number of imide groups is 1. The van der Waals surface area contributed by atoms with Gasteiger partial charge in [-0.15, -0.1) is 0 Å². The first-order chi connectivity index (χ1) is 12.7. The lowest BCUT2D eigenvalue weighted by molar-refractivity contribution is -0.143. The third-order valence-corrected chi connectivity index (χ3v) is 4.24. The minimum Gasteiger partial charge on any atom is -0.466 e. The number of nitrogens with zero attached hydrogens (tertiary/aromatic N) is 2. The smallest absolute Gasteiger partial charge is 0.305 e. The molecule has 26 heavy (non-hydrogen) atoms. The van der Waals surface area contributed by atoms with Crippen molar-refractivity contribution in [3.05, 3.63) is 65.5 Å². The molecule has 2 amide bonds. The molecule has 0 fully saturated rings. The lowest BCUT2D eigenvalue weighted by Gasteiger charge is -2.13. The van der Waals surface area contributed by atoms with Gasteiger partial charge in [0.25, 0.3) is 11.8 Å². The van der Waals surface area contributed by atoms with Crippen molar-refractivity contribution in [2.75, 3.05) is 13.2 Å². The predicted molar refractivity (Wildman–Crippen MR) is 94.6 cm³/mol. The van der Waals surface area contributed by atoms with E-state index in [2.05, 4.69) is 4.98 Å². The summed E-state index contributed by atoms with van der Waals surface area (Å²) in [6.45, 7) is 0.567. The number of hydrogen-bond donors (Lipinski definition) is 0. The van der Waals surface area contributed by atoms with Gasteiger partial charge in [-0.2, -0.15) is 0 Å². The number of aromatic nitrogens is 1. The molecule has 6 nitrogen and oxygen atoms in total. The average molecular weight is 352 g/mol. The molecule has 2 heterocycles. The Bertz CT molecular complexity index is 769. The second kappa shape index (κ2) is 8.38. The van der Waals surface area contributed by atoms with Gasteiger partial charge in [0, 0.05) is 25.4 Å². The molecule has 1 aromatic heterocycles. The van der Waals surface area contributed by atoms with Gasteiger partial charge < -0.3 is 4.74 Å². The lowest BCUT2D eigenvalue weighted by Crippen LogP contribution is -2.31. The van der Waals surface area contributed by atoms with Crippen molar-refractivity contribution in [1.29, 1.82) is 0 Å². The summed E-state index contributed by atoms with van der Waals surface area (Å²) in [5.41, 5.74) is 1.96. The molecule has 134 valence electrons. The third kappa shape index (κ3) is 4.14. The van der Waals surface area contributed by atoms with Crippen LogP contribution in [0.15, 0.2) is 48.8 Å². The second-order valence-electron chi connectivity index (χ2n) is 6.10. The van der Waals surface area contributed by atoms with Crippen LogP contribution in [0, 0.1) is 0 Å². The van der Waals surface area contributed by atoms with Crippen LogP contribution in [-0.4, -0.2) is 40.8 Å². The maximum atomic E-state index is 12.2. The van der Waals surface area contributed by atoms with Crippen LogP contribution >= 0.6 is 0 Å².